The van der Waals surface area contributed by atoms with Gasteiger partial charge in [0.15, 0.2) is 0 Å². The van der Waals surface area contributed by atoms with Crippen LogP contribution in [0.25, 0.3) is 0 Å². The van der Waals surface area contributed by atoms with E-state index in [1.165, 1.54) is 13.3 Å². The molecule has 0 saturated heterocycles. The lowest BCUT2D eigenvalue weighted by atomic mass is 10.2. The Morgan fingerprint density at radius 2 is 1.86 bits per heavy atom. The molecule has 2 rings (SSSR count). The molecule has 22 heavy (non-hydrogen) atoms. The van der Waals surface area contributed by atoms with Gasteiger partial charge in [-0.2, -0.15) is 0 Å². The number of rotatable bonds is 4. The summed E-state index contributed by atoms with van der Waals surface area (Å²) in [5.41, 5.74) is 1.11. The maximum absolute atomic E-state index is 12.7. The predicted octanol–water partition coefficient (Wildman–Crippen LogP) is 2.77. The van der Waals surface area contributed by atoms with E-state index in [0.29, 0.717) is 21.9 Å². The van der Waals surface area contributed by atoms with Gasteiger partial charge >= 0.3 is 0 Å². The zero-order valence-corrected chi connectivity index (χ0v) is 13.8. The van der Waals surface area contributed by atoms with Crippen molar-refractivity contribution in [3.05, 3.63) is 47.9 Å². The number of carbonyl (C=O) groups is 1. The van der Waals surface area contributed by atoms with Crippen molar-refractivity contribution in [3.8, 4) is 0 Å². The van der Waals surface area contributed by atoms with Crippen molar-refractivity contribution in [1.82, 2.24) is 4.31 Å². The fraction of sp³-hybridized carbons (Fsp3) is 0.267. The van der Waals surface area contributed by atoms with E-state index in [9.17, 15) is 9.00 Å². The zero-order chi connectivity index (χ0) is 16.3. The number of nitrogens with zero attached hydrogens (tertiary/aromatic N) is 2. The second-order valence-corrected chi connectivity index (χ2v) is 7.42. The van der Waals surface area contributed by atoms with E-state index >= 15 is 0 Å². The quantitative estimate of drug-likeness (QED) is 0.941. The van der Waals surface area contributed by atoms with Gasteiger partial charge in [0.05, 0.1) is 16.7 Å². The first-order valence-corrected chi connectivity index (χ1v) is 8.14. The number of hydrogen-bond acceptors (Lipinski definition) is 4. The van der Waals surface area contributed by atoms with Crippen LogP contribution < -0.4 is 5.32 Å². The largest absolute Gasteiger partial charge is 0.469 e. The zero-order valence-electron chi connectivity index (χ0n) is 13.0. The van der Waals surface area contributed by atoms with Crippen molar-refractivity contribution < 1.29 is 13.4 Å². The Bertz CT molecular complexity index is 785. The van der Waals surface area contributed by atoms with Crippen LogP contribution >= 0.6 is 0 Å². The minimum absolute atomic E-state index is 0.243. The lowest BCUT2D eigenvalue weighted by molar-refractivity contribution is 0.102. The molecule has 0 aliphatic carbocycles. The number of aryl methyl sites for hydroxylation is 1. The highest BCUT2D eigenvalue weighted by Gasteiger charge is 2.15. The van der Waals surface area contributed by atoms with Crippen molar-refractivity contribution in [1.29, 1.82) is 0 Å². The first kappa shape index (κ1) is 16.3. The Morgan fingerprint density at radius 3 is 2.32 bits per heavy atom. The smallest absolute Gasteiger partial charge is 0.259 e. The van der Waals surface area contributed by atoms with Crippen LogP contribution in [0.5, 0.6) is 0 Å². The van der Waals surface area contributed by atoms with Crippen molar-refractivity contribution >= 4 is 21.5 Å². The molecule has 7 heteroatoms. The highest BCUT2D eigenvalue weighted by atomic mass is 32.2. The van der Waals surface area contributed by atoms with Gasteiger partial charge in [-0.05, 0) is 37.3 Å². The van der Waals surface area contributed by atoms with Crippen LogP contribution in [0.3, 0.4) is 0 Å². The SMILES string of the molecule is CN=S(=O)(c1ccc(NC(=O)c2ccoc2C)cc1)N(C)C. The van der Waals surface area contributed by atoms with Gasteiger partial charge in [-0.3, -0.25) is 4.79 Å². The number of amides is 1. The molecular weight excluding hydrogens is 302 g/mol. The summed E-state index contributed by atoms with van der Waals surface area (Å²) in [5, 5.41) is 2.78. The lowest BCUT2D eigenvalue weighted by Gasteiger charge is -2.16. The summed E-state index contributed by atoms with van der Waals surface area (Å²) in [7, 11) is 2.37. The number of nitrogens with one attached hydrogen (secondary N) is 1. The summed E-state index contributed by atoms with van der Waals surface area (Å²) < 4.78 is 23.4. The molecule has 1 N–H and O–H groups in total. The van der Waals surface area contributed by atoms with Gasteiger partial charge in [0.2, 0.25) is 0 Å². The number of hydrogen-bond donors (Lipinski definition) is 1. The molecule has 1 heterocycles. The van der Waals surface area contributed by atoms with Gasteiger partial charge in [0.25, 0.3) is 5.91 Å². The van der Waals surface area contributed by atoms with Crippen molar-refractivity contribution in [2.24, 2.45) is 4.36 Å². The van der Waals surface area contributed by atoms with E-state index in [1.807, 2.05) is 0 Å². The topological polar surface area (TPSA) is 74.9 Å². The van der Waals surface area contributed by atoms with Crippen LogP contribution in [-0.2, 0) is 9.92 Å². The minimum atomic E-state index is -2.59. The van der Waals surface area contributed by atoms with Crippen molar-refractivity contribution in [3.63, 3.8) is 0 Å². The summed E-state index contributed by atoms with van der Waals surface area (Å²) in [4.78, 5) is 12.7. The normalized spacial score (nSPS) is 13.7. The maximum Gasteiger partial charge on any atom is 0.259 e. The molecule has 0 radical (unpaired) electrons. The van der Waals surface area contributed by atoms with Crippen LogP contribution in [0.2, 0.25) is 0 Å². The molecule has 0 saturated carbocycles. The molecule has 0 bridgehead atoms. The fourth-order valence-electron chi connectivity index (χ4n) is 2.01. The molecule has 0 aliphatic heterocycles. The maximum atomic E-state index is 12.7. The van der Waals surface area contributed by atoms with E-state index < -0.39 is 9.92 Å². The molecule has 1 atom stereocenters. The Morgan fingerprint density at radius 1 is 1.23 bits per heavy atom. The number of carbonyl (C=O) groups excluding carboxylic acids is 1. The number of anilines is 1. The predicted molar refractivity (Wildman–Crippen MR) is 86.3 cm³/mol. The number of furan rings is 1. The fourth-order valence-corrected chi connectivity index (χ4v) is 3.46. The second kappa shape index (κ2) is 6.33. The van der Waals surface area contributed by atoms with Crippen molar-refractivity contribution in [2.75, 3.05) is 26.5 Å². The molecule has 2 aromatic rings. The van der Waals surface area contributed by atoms with Gasteiger partial charge in [-0.1, -0.05) is 0 Å². The molecule has 1 aromatic heterocycles. The van der Waals surface area contributed by atoms with E-state index in [1.54, 1.807) is 55.7 Å². The molecular formula is C15H19N3O3S. The van der Waals surface area contributed by atoms with E-state index in [-0.39, 0.29) is 5.91 Å². The van der Waals surface area contributed by atoms with Gasteiger partial charge < -0.3 is 9.73 Å². The summed E-state index contributed by atoms with van der Waals surface area (Å²) in [5.74, 6) is 0.321. The highest BCUT2D eigenvalue weighted by molar-refractivity contribution is 7.91. The number of benzene rings is 1. The minimum Gasteiger partial charge on any atom is -0.469 e. The standard InChI is InChI=1S/C15H19N3O3S/c1-11-14(9-10-21-11)15(19)17-12-5-7-13(8-6-12)22(20,16-2)18(3)4/h5-10H,1-4H3,(H,17,19). The Labute approximate surface area is 130 Å². The van der Waals surface area contributed by atoms with Crippen LogP contribution in [0.1, 0.15) is 16.1 Å². The molecule has 6 nitrogen and oxygen atoms in total. The van der Waals surface area contributed by atoms with Gasteiger partial charge in [-0.25, -0.2) is 12.9 Å². The van der Waals surface area contributed by atoms with Crippen LogP contribution in [0.4, 0.5) is 5.69 Å². The first-order valence-electron chi connectivity index (χ1n) is 6.66. The van der Waals surface area contributed by atoms with Crippen LogP contribution in [-0.4, -0.2) is 35.6 Å². The third-order valence-electron chi connectivity index (χ3n) is 3.27. The molecule has 1 aromatic carbocycles. The highest BCUT2D eigenvalue weighted by Crippen LogP contribution is 2.19. The summed E-state index contributed by atoms with van der Waals surface area (Å²) >= 11 is 0. The van der Waals surface area contributed by atoms with Crippen molar-refractivity contribution in [2.45, 2.75) is 11.8 Å². The van der Waals surface area contributed by atoms with E-state index in [2.05, 4.69) is 9.68 Å². The monoisotopic (exact) mass is 321 g/mol. The summed E-state index contributed by atoms with van der Waals surface area (Å²) in [6, 6.07) is 8.43. The molecule has 118 valence electrons. The summed E-state index contributed by atoms with van der Waals surface area (Å²) in [6.07, 6.45) is 1.47. The molecule has 0 aliphatic rings. The van der Waals surface area contributed by atoms with Crippen LogP contribution in [0, 0.1) is 6.92 Å². The van der Waals surface area contributed by atoms with E-state index in [0.717, 1.165) is 0 Å². The average Bonchev–Trinajstić information content (AvgIpc) is 2.93. The third-order valence-corrected chi connectivity index (χ3v) is 5.64. The molecule has 1 unspecified atom stereocenters. The summed E-state index contributed by atoms with van der Waals surface area (Å²) in [6.45, 7) is 1.73. The third kappa shape index (κ3) is 3.05. The molecule has 1 amide bonds. The average molecular weight is 321 g/mol. The lowest BCUT2D eigenvalue weighted by Crippen LogP contribution is -2.22. The second-order valence-electron chi connectivity index (χ2n) is 4.86. The molecule has 0 spiro atoms. The van der Waals surface area contributed by atoms with Gasteiger partial charge in [-0.15, -0.1) is 0 Å². The van der Waals surface area contributed by atoms with Gasteiger partial charge in [0.1, 0.15) is 15.7 Å². The van der Waals surface area contributed by atoms with Crippen LogP contribution in [0.15, 0.2) is 50.3 Å². The first-order chi connectivity index (χ1) is 10.4. The Balaban J connectivity index is 2.22. The molecule has 0 fully saturated rings. The van der Waals surface area contributed by atoms with E-state index in [4.69, 9.17) is 4.42 Å². The Hall–Kier alpha value is -2.12. The Kier molecular flexibility index (Phi) is 4.68. The van der Waals surface area contributed by atoms with Gasteiger partial charge in [0, 0.05) is 26.8 Å².